The van der Waals surface area contributed by atoms with Crippen molar-refractivity contribution in [3.05, 3.63) is 53.9 Å². The van der Waals surface area contributed by atoms with E-state index in [-0.39, 0.29) is 17.3 Å². The number of nitrogens with zero attached hydrogens (tertiary/aromatic N) is 1. The van der Waals surface area contributed by atoms with Crippen molar-refractivity contribution < 1.29 is 17.6 Å². The first-order chi connectivity index (χ1) is 12.4. The molecular formula is C18H15N3O4S. The normalized spacial score (nSPS) is 11.2. The second-order valence-electron chi connectivity index (χ2n) is 5.42. The highest BCUT2D eigenvalue weighted by Gasteiger charge is 2.14. The summed E-state index contributed by atoms with van der Waals surface area (Å²) in [5, 5.41) is 2.74. The fourth-order valence-electron chi connectivity index (χ4n) is 2.33. The van der Waals surface area contributed by atoms with Gasteiger partial charge in [0.2, 0.25) is 10.0 Å². The Kier molecular flexibility index (Phi) is 4.75. The topological polar surface area (TPSA) is 101 Å². The highest BCUT2D eigenvalue weighted by molar-refractivity contribution is 7.89. The maximum Gasteiger partial charge on any atom is 0.255 e. The largest absolute Gasteiger partial charge is 0.441 e. The Morgan fingerprint density at radius 3 is 2.65 bits per heavy atom. The van der Waals surface area contributed by atoms with Gasteiger partial charge in [-0.2, -0.15) is 4.72 Å². The van der Waals surface area contributed by atoms with Gasteiger partial charge in [-0.25, -0.2) is 13.4 Å². The smallest absolute Gasteiger partial charge is 0.255 e. The van der Waals surface area contributed by atoms with Gasteiger partial charge in [-0.3, -0.25) is 4.79 Å². The second kappa shape index (κ2) is 7.00. The van der Waals surface area contributed by atoms with Crippen LogP contribution in [0.3, 0.4) is 0 Å². The van der Waals surface area contributed by atoms with E-state index < -0.39 is 10.0 Å². The molecule has 0 spiro atoms. The van der Waals surface area contributed by atoms with Crippen LogP contribution in [0.25, 0.3) is 11.1 Å². The summed E-state index contributed by atoms with van der Waals surface area (Å²) < 4.78 is 31.6. The van der Waals surface area contributed by atoms with Gasteiger partial charge in [0, 0.05) is 18.2 Å². The molecule has 0 bridgehead atoms. The lowest BCUT2D eigenvalue weighted by atomic mass is 10.2. The molecule has 8 heteroatoms. The number of aryl methyl sites for hydroxylation is 1. The average Bonchev–Trinajstić information content (AvgIpc) is 2.99. The highest BCUT2D eigenvalue weighted by atomic mass is 32.2. The minimum Gasteiger partial charge on any atom is -0.441 e. The monoisotopic (exact) mass is 369 g/mol. The van der Waals surface area contributed by atoms with Crippen molar-refractivity contribution in [3.63, 3.8) is 0 Å². The molecule has 0 fully saturated rings. The first kappa shape index (κ1) is 17.7. The number of terminal acetylenes is 1. The third-order valence-electron chi connectivity index (χ3n) is 3.54. The summed E-state index contributed by atoms with van der Waals surface area (Å²) in [5.74, 6) is 2.37. The third kappa shape index (κ3) is 3.74. The zero-order valence-corrected chi connectivity index (χ0v) is 14.6. The minimum absolute atomic E-state index is 0.0313. The van der Waals surface area contributed by atoms with E-state index in [1.807, 2.05) is 0 Å². The average molecular weight is 369 g/mol. The molecule has 1 heterocycles. The van der Waals surface area contributed by atoms with E-state index in [0.717, 1.165) is 0 Å². The second-order valence-corrected chi connectivity index (χ2v) is 7.19. The van der Waals surface area contributed by atoms with Crippen LogP contribution in [0.4, 0.5) is 5.69 Å². The summed E-state index contributed by atoms with van der Waals surface area (Å²) in [6, 6.07) is 10.7. The van der Waals surface area contributed by atoms with Crippen LogP contribution in [0, 0.1) is 19.3 Å². The number of fused-ring (bicyclic) bond motifs is 1. The summed E-state index contributed by atoms with van der Waals surface area (Å²) in [7, 11) is -3.69. The zero-order chi connectivity index (χ0) is 18.7. The molecule has 0 saturated carbocycles. The van der Waals surface area contributed by atoms with Crippen molar-refractivity contribution in [1.82, 2.24) is 9.71 Å². The summed E-state index contributed by atoms with van der Waals surface area (Å²) in [6.45, 7) is 1.64. The number of benzene rings is 2. The lowest BCUT2D eigenvalue weighted by molar-refractivity contribution is 0.102. The van der Waals surface area contributed by atoms with E-state index in [0.29, 0.717) is 28.2 Å². The molecular weight excluding hydrogens is 354 g/mol. The number of nitrogens with one attached hydrogen (secondary N) is 2. The lowest BCUT2D eigenvalue weighted by Gasteiger charge is -2.07. The molecule has 26 heavy (non-hydrogen) atoms. The van der Waals surface area contributed by atoms with Crippen molar-refractivity contribution >= 4 is 32.7 Å². The molecule has 3 aromatic rings. The molecule has 0 aliphatic rings. The Labute approximate surface area is 150 Å². The van der Waals surface area contributed by atoms with Gasteiger partial charge in [-0.05, 0) is 42.5 Å². The van der Waals surface area contributed by atoms with Crippen molar-refractivity contribution in [2.24, 2.45) is 0 Å². The van der Waals surface area contributed by atoms with Gasteiger partial charge in [0.1, 0.15) is 5.52 Å². The molecule has 2 N–H and O–H groups in total. The van der Waals surface area contributed by atoms with E-state index >= 15 is 0 Å². The van der Waals surface area contributed by atoms with Crippen LogP contribution in [0.1, 0.15) is 16.2 Å². The van der Waals surface area contributed by atoms with Crippen LogP contribution < -0.4 is 10.0 Å². The van der Waals surface area contributed by atoms with E-state index in [4.69, 9.17) is 10.8 Å². The number of sulfonamides is 1. The Balaban J connectivity index is 1.76. The number of anilines is 1. The lowest BCUT2D eigenvalue weighted by Crippen LogP contribution is -2.24. The number of oxazole rings is 1. The molecule has 3 rings (SSSR count). The summed E-state index contributed by atoms with van der Waals surface area (Å²) >= 11 is 0. The number of carbonyl (C=O) groups excluding carboxylic acids is 1. The molecule has 0 aliphatic carbocycles. The van der Waals surface area contributed by atoms with Crippen LogP contribution in [-0.4, -0.2) is 25.9 Å². The minimum atomic E-state index is -3.69. The number of rotatable bonds is 5. The third-order valence-corrected chi connectivity index (χ3v) is 4.96. The number of hydrogen-bond acceptors (Lipinski definition) is 5. The van der Waals surface area contributed by atoms with Crippen LogP contribution in [0.5, 0.6) is 0 Å². The Morgan fingerprint density at radius 1 is 1.23 bits per heavy atom. The van der Waals surface area contributed by atoms with Crippen LogP contribution in [0.15, 0.2) is 51.8 Å². The summed E-state index contributed by atoms with van der Waals surface area (Å²) in [5.41, 5.74) is 2.15. The quantitative estimate of drug-likeness (QED) is 0.672. The molecule has 1 amide bonds. The van der Waals surface area contributed by atoms with Gasteiger partial charge in [-0.1, -0.05) is 5.92 Å². The first-order valence-corrected chi connectivity index (χ1v) is 9.09. The molecule has 0 atom stereocenters. The number of carbonyl (C=O) groups is 1. The Hall–Kier alpha value is -3.15. The molecule has 0 saturated heterocycles. The predicted octanol–water partition coefficient (Wildman–Crippen LogP) is 2.30. The van der Waals surface area contributed by atoms with Crippen molar-refractivity contribution in [1.29, 1.82) is 0 Å². The molecule has 7 nitrogen and oxygen atoms in total. The molecule has 132 valence electrons. The number of hydrogen-bond donors (Lipinski definition) is 2. The maximum atomic E-state index is 12.3. The van der Waals surface area contributed by atoms with E-state index in [9.17, 15) is 13.2 Å². The van der Waals surface area contributed by atoms with Gasteiger partial charge in [-0.15, -0.1) is 6.42 Å². The van der Waals surface area contributed by atoms with Gasteiger partial charge in [0.05, 0.1) is 11.4 Å². The number of amides is 1. The zero-order valence-electron chi connectivity index (χ0n) is 13.8. The first-order valence-electron chi connectivity index (χ1n) is 7.61. The SMILES string of the molecule is C#CCNS(=O)(=O)c1ccc(C(=O)Nc2ccc3oc(C)nc3c2)cc1. The summed E-state index contributed by atoms with van der Waals surface area (Å²) in [4.78, 5) is 16.6. The number of aromatic nitrogens is 1. The van der Waals surface area contributed by atoms with Crippen molar-refractivity contribution in [2.75, 3.05) is 11.9 Å². The van der Waals surface area contributed by atoms with E-state index in [2.05, 4.69) is 20.9 Å². The molecule has 2 aromatic carbocycles. The maximum absolute atomic E-state index is 12.3. The van der Waals surface area contributed by atoms with Crippen molar-refractivity contribution in [2.45, 2.75) is 11.8 Å². The van der Waals surface area contributed by atoms with Crippen LogP contribution >= 0.6 is 0 Å². The molecule has 0 radical (unpaired) electrons. The molecule has 1 aromatic heterocycles. The standard InChI is InChI=1S/C18H15N3O4S/c1-3-10-19-26(23,24)15-7-4-13(5-8-15)18(22)21-14-6-9-17-16(11-14)20-12(2)25-17/h1,4-9,11,19H,10H2,2H3,(H,21,22). The van der Waals surface area contributed by atoms with Gasteiger partial charge >= 0.3 is 0 Å². The van der Waals surface area contributed by atoms with Crippen LogP contribution in [0.2, 0.25) is 0 Å². The fourth-order valence-corrected chi connectivity index (χ4v) is 3.26. The van der Waals surface area contributed by atoms with Gasteiger partial charge < -0.3 is 9.73 Å². The highest BCUT2D eigenvalue weighted by Crippen LogP contribution is 2.20. The Bertz CT molecular complexity index is 1110. The molecule has 0 unspecified atom stereocenters. The summed E-state index contributed by atoms with van der Waals surface area (Å²) in [6.07, 6.45) is 5.05. The van der Waals surface area contributed by atoms with Gasteiger partial charge in [0.15, 0.2) is 11.5 Å². The Morgan fingerprint density at radius 2 is 1.96 bits per heavy atom. The van der Waals surface area contributed by atoms with Gasteiger partial charge in [0.25, 0.3) is 5.91 Å². The fraction of sp³-hybridized carbons (Fsp3) is 0.111. The predicted molar refractivity (Wildman–Crippen MR) is 97.2 cm³/mol. The molecule has 0 aliphatic heterocycles. The van der Waals surface area contributed by atoms with E-state index in [1.54, 1.807) is 25.1 Å². The van der Waals surface area contributed by atoms with Crippen LogP contribution in [-0.2, 0) is 10.0 Å². The van der Waals surface area contributed by atoms with Crippen molar-refractivity contribution in [3.8, 4) is 12.3 Å². The van der Waals surface area contributed by atoms with E-state index in [1.165, 1.54) is 24.3 Å².